The van der Waals surface area contributed by atoms with Crippen molar-refractivity contribution >= 4 is 11.6 Å². The van der Waals surface area contributed by atoms with E-state index in [1.165, 1.54) is 5.56 Å². The molecule has 0 aliphatic carbocycles. The number of benzene rings is 1. The summed E-state index contributed by atoms with van der Waals surface area (Å²) in [5.41, 5.74) is 2.43. The molecule has 0 spiro atoms. The molecular weight excluding hydrogens is 198 g/mol. The second kappa shape index (κ2) is 4.69. The maximum atomic E-state index is 12.1. The van der Waals surface area contributed by atoms with Crippen LogP contribution < -0.4 is 4.90 Å². The Morgan fingerprint density at radius 1 is 1.44 bits per heavy atom. The van der Waals surface area contributed by atoms with Crippen LogP contribution in [0.5, 0.6) is 0 Å². The first-order valence-corrected chi connectivity index (χ1v) is 6.14. The van der Waals surface area contributed by atoms with Crippen molar-refractivity contribution in [2.75, 3.05) is 4.90 Å². The van der Waals surface area contributed by atoms with E-state index in [4.69, 9.17) is 0 Å². The zero-order valence-corrected chi connectivity index (χ0v) is 10.1. The first kappa shape index (κ1) is 11.2. The maximum Gasteiger partial charge on any atom is 0.227 e. The van der Waals surface area contributed by atoms with Crippen LogP contribution in [0.1, 0.15) is 38.7 Å². The van der Waals surface area contributed by atoms with Gasteiger partial charge in [-0.1, -0.05) is 25.1 Å². The van der Waals surface area contributed by atoms with Gasteiger partial charge in [0.15, 0.2) is 0 Å². The molecule has 2 rings (SSSR count). The molecule has 0 saturated heterocycles. The number of aryl methyl sites for hydroxylation is 1. The lowest BCUT2D eigenvalue weighted by Crippen LogP contribution is -2.41. The number of carbonyl (C=O) groups excluding carboxylic acids is 1. The minimum absolute atomic E-state index is 0.266. The van der Waals surface area contributed by atoms with Gasteiger partial charge in [0.05, 0.1) is 0 Å². The number of carbonyl (C=O) groups is 1. The summed E-state index contributed by atoms with van der Waals surface area (Å²) in [4.78, 5) is 14.1. The highest BCUT2D eigenvalue weighted by Gasteiger charge is 2.26. The van der Waals surface area contributed by atoms with Crippen molar-refractivity contribution in [1.29, 1.82) is 0 Å². The highest BCUT2D eigenvalue weighted by atomic mass is 16.2. The summed E-state index contributed by atoms with van der Waals surface area (Å²) >= 11 is 0. The summed E-state index contributed by atoms with van der Waals surface area (Å²) in [6.45, 7) is 4.20. The number of hydrogen-bond donors (Lipinski definition) is 0. The molecule has 0 radical (unpaired) electrons. The molecule has 0 bridgehead atoms. The Labute approximate surface area is 97.3 Å². The standard InChI is InChI=1S/C14H19NO/c1-3-6-14(16)15-11(2)9-10-12-7-4-5-8-13(12)15/h4-5,7-8,11H,3,6,9-10H2,1-2H3/t11-/m0/s1. The number of amides is 1. The minimum atomic E-state index is 0.266. The van der Waals surface area contributed by atoms with E-state index in [1.807, 2.05) is 11.0 Å². The third kappa shape index (κ3) is 1.97. The van der Waals surface area contributed by atoms with Crippen LogP contribution in [0.15, 0.2) is 24.3 Å². The molecule has 1 amide bonds. The fourth-order valence-electron chi connectivity index (χ4n) is 2.40. The summed E-state index contributed by atoms with van der Waals surface area (Å²) in [6.07, 6.45) is 3.74. The number of rotatable bonds is 2. The van der Waals surface area contributed by atoms with Crippen molar-refractivity contribution in [3.05, 3.63) is 29.8 Å². The van der Waals surface area contributed by atoms with Gasteiger partial charge in [0.25, 0.3) is 0 Å². The van der Waals surface area contributed by atoms with Crippen molar-refractivity contribution in [3.63, 3.8) is 0 Å². The average Bonchev–Trinajstić information content (AvgIpc) is 2.29. The Bertz CT molecular complexity index is 386. The fraction of sp³-hybridized carbons (Fsp3) is 0.500. The van der Waals surface area contributed by atoms with E-state index < -0.39 is 0 Å². The quantitative estimate of drug-likeness (QED) is 0.745. The van der Waals surface area contributed by atoms with Crippen LogP contribution in [0.25, 0.3) is 0 Å². The molecule has 1 atom stereocenters. The number of hydrogen-bond acceptors (Lipinski definition) is 1. The molecular formula is C14H19NO. The van der Waals surface area contributed by atoms with Crippen molar-refractivity contribution in [1.82, 2.24) is 0 Å². The Kier molecular flexibility index (Phi) is 3.28. The molecule has 0 N–H and O–H groups in total. The van der Waals surface area contributed by atoms with Crippen LogP contribution in [-0.4, -0.2) is 11.9 Å². The molecule has 1 aliphatic heterocycles. The van der Waals surface area contributed by atoms with Gasteiger partial charge in [-0.3, -0.25) is 4.79 Å². The fourth-order valence-corrected chi connectivity index (χ4v) is 2.40. The van der Waals surface area contributed by atoms with E-state index in [-0.39, 0.29) is 5.91 Å². The number of para-hydroxylation sites is 1. The van der Waals surface area contributed by atoms with E-state index in [1.54, 1.807) is 0 Å². The summed E-state index contributed by atoms with van der Waals surface area (Å²) in [7, 11) is 0. The first-order chi connectivity index (χ1) is 7.74. The predicted molar refractivity (Wildman–Crippen MR) is 66.6 cm³/mol. The molecule has 0 saturated carbocycles. The Morgan fingerprint density at radius 2 is 2.19 bits per heavy atom. The van der Waals surface area contributed by atoms with E-state index in [9.17, 15) is 4.79 Å². The van der Waals surface area contributed by atoms with Crippen molar-refractivity contribution < 1.29 is 4.79 Å². The molecule has 1 aromatic carbocycles. The monoisotopic (exact) mass is 217 g/mol. The van der Waals surface area contributed by atoms with E-state index in [0.717, 1.165) is 24.9 Å². The van der Waals surface area contributed by atoms with Gasteiger partial charge in [-0.05, 0) is 37.8 Å². The lowest BCUT2D eigenvalue weighted by atomic mass is 9.96. The highest BCUT2D eigenvalue weighted by Crippen LogP contribution is 2.30. The van der Waals surface area contributed by atoms with Gasteiger partial charge in [0.2, 0.25) is 5.91 Å². The number of fused-ring (bicyclic) bond motifs is 1. The van der Waals surface area contributed by atoms with E-state index in [2.05, 4.69) is 32.0 Å². The Balaban J connectivity index is 2.33. The lowest BCUT2D eigenvalue weighted by Gasteiger charge is -2.35. The SMILES string of the molecule is CCCC(=O)N1c2ccccc2CC[C@@H]1C. The van der Waals surface area contributed by atoms with Crippen molar-refractivity contribution in [3.8, 4) is 0 Å². The summed E-state index contributed by atoms with van der Waals surface area (Å²) in [5, 5.41) is 0. The van der Waals surface area contributed by atoms with Gasteiger partial charge < -0.3 is 4.90 Å². The topological polar surface area (TPSA) is 20.3 Å². The minimum Gasteiger partial charge on any atom is -0.309 e. The number of anilines is 1. The molecule has 86 valence electrons. The molecule has 1 aliphatic rings. The third-order valence-electron chi connectivity index (χ3n) is 3.26. The summed E-state index contributed by atoms with van der Waals surface area (Å²) in [6, 6.07) is 8.61. The second-order valence-corrected chi connectivity index (χ2v) is 4.53. The maximum absolute atomic E-state index is 12.1. The molecule has 1 heterocycles. The molecule has 0 unspecified atom stereocenters. The number of nitrogens with zero attached hydrogens (tertiary/aromatic N) is 1. The zero-order chi connectivity index (χ0) is 11.5. The molecule has 2 nitrogen and oxygen atoms in total. The highest BCUT2D eigenvalue weighted by molar-refractivity contribution is 5.95. The average molecular weight is 217 g/mol. The molecule has 0 fully saturated rings. The predicted octanol–water partition coefficient (Wildman–Crippen LogP) is 3.15. The van der Waals surface area contributed by atoms with Crippen molar-refractivity contribution in [2.45, 2.75) is 45.6 Å². The van der Waals surface area contributed by atoms with Crippen LogP contribution in [-0.2, 0) is 11.2 Å². The van der Waals surface area contributed by atoms with Gasteiger partial charge in [-0.25, -0.2) is 0 Å². The molecule has 1 aromatic rings. The zero-order valence-electron chi connectivity index (χ0n) is 10.1. The van der Waals surface area contributed by atoms with Gasteiger partial charge in [-0.2, -0.15) is 0 Å². The lowest BCUT2D eigenvalue weighted by molar-refractivity contribution is -0.119. The van der Waals surface area contributed by atoms with E-state index >= 15 is 0 Å². The van der Waals surface area contributed by atoms with Crippen LogP contribution in [0.2, 0.25) is 0 Å². The van der Waals surface area contributed by atoms with Crippen molar-refractivity contribution in [2.24, 2.45) is 0 Å². The van der Waals surface area contributed by atoms with Crippen LogP contribution in [0.4, 0.5) is 5.69 Å². The van der Waals surface area contributed by atoms with Crippen LogP contribution >= 0.6 is 0 Å². The van der Waals surface area contributed by atoms with Gasteiger partial charge in [0, 0.05) is 18.2 Å². The smallest absolute Gasteiger partial charge is 0.227 e. The normalized spacial score (nSPS) is 19.4. The van der Waals surface area contributed by atoms with E-state index in [0.29, 0.717) is 12.5 Å². The molecule has 2 heteroatoms. The molecule has 16 heavy (non-hydrogen) atoms. The van der Waals surface area contributed by atoms with Gasteiger partial charge in [0.1, 0.15) is 0 Å². The largest absolute Gasteiger partial charge is 0.309 e. The third-order valence-corrected chi connectivity index (χ3v) is 3.26. The van der Waals surface area contributed by atoms with Gasteiger partial charge in [-0.15, -0.1) is 0 Å². The van der Waals surface area contributed by atoms with Crippen LogP contribution in [0.3, 0.4) is 0 Å². The first-order valence-electron chi connectivity index (χ1n) is 6.14. The molecule has 0 aromatic heterocycles. The summed E-state index contributed by atoms with van der Waals surface area (Å²) in [5.74, 6) is 0.266. The Hall–Kier alpha value is -1.31. The van der Waals surface area contributed by atoms with Gasteiger partial charge >= 0.3 is 0 Å². The summed E-state index contributed by atoms with van der Waals surface area (Å²) < 4.78 is 0. The van der Waals surface area contributed by atoms with Crippen LogP contribution in [0, 0.1) is 0 Å². The second-order valence-electron chi connectivity index (χ2n) is 4.53. The Morgan fingerprint density at radius 3 is 2.94 bits per heavy atom.